The van der Waals surface area contributed by atoms with Crippen LogP contribution in [0.3, 0.4) is 0 Å². The Labute approximate surface area is 129 Å². The van der Waals surface area contributed by atoms with E-state index in [4.69, 9.17) is 9.31 Å². The number of benzene rings is 1. The molecule has 3 rings (SSSR count). The fourth-order valence-electron chi connectivity index (χ4n) is 2.73. The number of fused-ring (bicyclic) bond motifs is 1. The molecule has 0 saturated carbocycles. The topological polar surface area (TPSA) is 30.5 Å². The number of nitrogens with one attached hydrogen (secondary N) is 1. The minimum Gasteiger partial charge on any atom is -0.398 e. The molecule has 0 spiro atoms. The lowest BCUT2D eigenvalue weighted by molar-refractivity contribution is 0.00578. The van der Waals surface area contributed by atoms with Crippen molar-refractivity contribution in [3.8, 4) is 0 Å². The predicted molar refractivity (Wildman–Crippen MR) is 82.2 cm³/mol. The summed E-state index contributed by atoms with van der Waals surface area (Å²) in [5.74, 6) is -0.330. The largest absolute Gasteiger partial charge is 0.525 e. The third-order valence-electron chi connectivity index (χ3n) is 4.80. The molecule has 22 heavy (non-hydrogen) atoms. The van der Waals surface area contributed by atoms with Gasteiger partial charge in [-0.15, -0.1) is 0 Å². The minimum absolute atomic E-state index is 0.326. The predicted octanol–water partition coefficient (Wildman–Crippen LogP) is 3.24. The maximum atomic E-state index is 15.0. The molecule has 1 aromatic carbocycles. The first-order valence-electron chi connectivity index (χ1n) is 7.45. The third-order valence-corrected chi connectivity index (χ3v) is 4.80. The Kier molecular flexibility index (Phi) is 3.66. The van der Waals surface area contributed by atoms with Crippen LogP contribution in [0.2, 0.25) is 0 Å². The van der Waals surface area contributed by atoms with Crippen molar-refractivity contribution >= 4 is 12.7 Å². The molecule has 0 unspecified atom stereocenters. The van der Waals surface area contributed by atoms with Gasteiger partial charge in [0.1, 0.15) is 11.5 Å². The van der Waals surface area contributed by atoms with Crippen LogP contribution in [0.5, 0.6) is 0 Å². The van der Waals surface area contributed by atoms with Gasteiger partial charge in [0.2, 0.25) is 0 Å². The molecule has 3 nitrogen and oxygen atoms in total. The van der Waals surface area contributed by atoms with E-state index in [1.807, 2.05) is 27.7 Å². The van der Waals surface area contributed by atoms with E-state index in [0.717, 1.165) is 0 Å². The molecule has 1 aromatic rings. The summed E-state index contributed by atoms with van der Waals surface area (Å²) in [5, 5.41) is 3.03. The standard InChI is InChI=1S/C16H20BF2NO2/c1-15(2)16(3,4)22-17(21-15)14(19)12-9-20-8-11-10(12)6-5-7-13(11)18/h5-7,20H,8-9H2,1-4H3. The van der Waals surface area contributed by atoms with Gasteiger partial charge in [0.15, 0.2) is 0 Å². The van der Waals surface area contributed by atoms with Gasteiger partial charge in [-0.25, -0.2) is 8.78 Å². The Morgan fingerprint density at radius 1 is 1.14 bits per heavy atom. The van der Waals surface area contributed by atoms with E-state index in [0.29, 0.717) is 29.8 Å². The van der Waals surface area contributed by atoms with Gasteiger partial charge in [-0.2, -0.15) is 0 Å². The molecule has 0 radical (unpaired) electrons. The summed E-state index contributed by atoms with van der Waals surface area (Å²) in [6.45, 7) is 8.21. The zero-order valence-corrected chi connectivity index (χ0v) is 13.3. The molecule has 0 bridgehead atoms. The fourth-order valence-corrected chi connectivity index (χ4v) is 2.73. The average molecular weight is 307 g/mol. The van der Waals surface area contributed by atoms with Gasteiger partial charge in [0.25, 0.3) is 0 Å². The van der Waals surface area contributed by atoms with E-state index in [2.05, 4.69) is 5.32 Å². The molecule has 0 aromatic heterocycles. The maximum Gasteiger partial charge on any atom is 0.525 e. The first-order chi connectivity index (χ1) is 10.2. The molecular formula is C16H20BF2NO2. The van der Waals surface area contributed by atoms with E-state index in [-0.39, 0.29) is 5.82 Å². The highest BCUT2D eigenvalue weighted by Crippen LogP contribution is 2.40. The second-order valence-electron chi connectivity index (χ2n) is 6.78. The maximum absolute atomic E-state index is 15.0. The Hall–Kier alpha value is -1.24. The highest BCUT2D eigenvalue weighted by molar-refractivity contribution is 6.55. The highest BCUT2D eigenvalue weighted by atomic mass is 19.1. The molecule has 2 aliphatic rings. The summed E-state index contributed by atoms with van der Waals surface area (Å²) in [7, 11) is -1.06. The van der Waals surface area contributed by atoms with Crippen LogP contribution in [0.4, 0.5) is 8.78 Å². The fraction of sp³-hybridized carbons (Fsp3) is 0.500. The van der Waals surface area contributed by atoms with Gasteiger partial charge >= 0.3 is 7.12 Å². The lowest BCUT2D eigenvalue weighted by Gasteiger charge is -2.32. The zero-order valence-electron chi connectivity index (χ0n) is 13.3. The summed E-state index contributed by atoms with van der Waals surface area (Å²) in [6, 6.07) is 4.71. The van der Waals surface area contributed by atoms with Gasteiger partial charge < -0.3 is 14.6 Å². The van der Waals surface area contributed by atoms with Crippen LogP contribution in [0.15, 0.2) is 23.9 Å². The van der Waals surface area contributed by atoms with Crippen LogP contribution in [0.1, 0.15) is 38.8 Å². The Morgan fingerprint density at radius 3 is 2.41 bits per heavy atom. The molecule has 0 aliphatic carbocycles. The average Bonchev–Trinajstić information content (AvgIpc) is 2.67. The van der Waals surface area contributed by atoms with E-state index >= 15 is 0 Å². The molecule has 0 amide bonds. The van der Waals surface area contributed by atoms with Crippen molar-refractivity contribution in [2.24, 2.45) is 0 Å². The second-order valence-corrected chi connectivity index (χ2v) is 6.78. The second kappa shape index (κ2) is 5.15. The summed E-state index contributed by atoms with van der Waals surface area (Å²) in [5.41, 5.74) is -0.233. The van der Waals surface area contributed by atoms with E-state index < -0.39 is 24.0 Å². The first kappa shape index (κ1) is 15.7. The zero-order chi connectivity index (χ0) is 16.1. The van der Waals surface area contributed by atoms with E-state index in [1.54, 1.807) is 12.1 Å². The van der Waals surface area contributed by atoms with Gasteiger partial charge in [-0.3, -0.25) is 0 Å². The molecule has 1 N–H and O–H groups in total. The number of hydrogen-bond acceptors (Lipinski definition) is 3. The molecule has 2 aliphatic heterocycles. The van der Waals surface area contributed by atoms with Gasteiger partial charge in [0, 0.05) is 24.2 Å². The summed E-state index contributed by atoms with van der Waals surface area (Å²) in [4.78, 5) is 0. The number of rotatable bonds is 1. The number of halogens is 2. The van der Waals surface area contributed by atoms with Crippen molar-refractivity contribution in [1.82, 2.24) is 5.32 Å². The molecule has 1 saturated heterocycles. The molecule has 6 heteroatoms. The molecule has 2 heterocycles. The SMILES string of the molecule is CC1(C)OB(C(F)=C2CNCc3c(F)cccc32)OC1(C)C. The Balaban J connectivity index is 2.01. The molecular weight excluding hydrogens is 287 g/mol. The van der Waals surface area contributed by atoms with Crippen LogP contribution >= 0.6 is 0 Å². The molecule has 1 fully saturated rings. The van der Waals surface area contributed by atoms with Crippen molar-refractivity contribution in [3.63, 3.8) is 0 Å². The lowest BCUT2D eigenvalue weighted by atomic mass is 9.81. The smallest absolute Gasteiger partial charge is 0.398 e. The lowest BCUT2D eigenvalue weighted by Crippen LogP contribution is -2.41. The van der Waals surface area contributed by atoms with Crippen molar-refractivity contribution in [2.75, 3.05) is 6.54 Å². The van der Waals surface area contributed by atoms with Crippen LogP contribution in [-0.4, -0.2) is 24.9 Å². The summed E-state index contributed by atoms with van der Waals surface area (Å²) >= 11 is 0. The summed E-state index contributed by atoms with van der Waals surface area (Å²) < 4.78 is 40.3. The van der Waals surface area contributed by atoms with Crippen LogP contribution in [0.25, 0.3) is 5.57 Å². The van der Waals surface area contributed by atoms with Crippen molar-refractivity contribution in [2.45, 2.75) is 45.4 Å². The molecule has 118 valence electrons. The van der Waals surface area contributed by atoms with Crippen molar-refractivity contribution < 1.29 is 18.1 Å². The quantitative estimate of drug-likeness (QED) is 0.808. The van der Waals surface area contributed by atoms with Crippen LogP contribution in [-0.2, 0) is 15.9 Å². The van der Waals surface area contributed by atoms with Crippen molar-refractivity contribution in [3.05, 3.63) is 40.9 Å². The third kappa shape index (κ3) is 2.39. The Morgan fingerprint density at radius 2 is 1.77 bits per heavy atom. The van der Waals surface area contributed by atoms with Gasteiger partial charge in [-0.05, 0) is 39.3 Å². The number of hydrogen-bond donors (Lipinski definition) is 1. The van der Waals surface area contributed by atoms with Crippen molar-refractivity contribution in [1.29, 1.82) is 0 Å². The highest BCUT2D eigenvalue weighted by Gasteiger charge is 2.53. The minimum atomic E-state index is -1.06. The monoisotopic (exact) mass is 307 g/mol. The molecule has 0 atom stereocenters. The van der Waals surface area contributed by atoms with E-state index in [9.17, 15) is 8.78 Å². The van der Waals surface area contributed by atoms with Gasteiger partial charge in [0.05, 0.1) is 11.2 Å². The Bertz CT molecular complexity index is 627. The summed E-state index contributed by atoms with van der Waals surface area (Å²) in [6.07, 6.45) is 0. The van der Waals surface area contributed by atoms with Crippen LogP contribution in [0, 0.1) is 5.82 Å². The first-order valence-corrected chi connectivity index (χ1v) is 7.45. The van der Waals surface area contributed by atoms with E-state index in [1.165, 1.54) is 6.07 Å². The van der Waals surface area contributed by atoms with Crippen LogP contribution < -0.4 is 5.32 Å². The van der Waals surface area contributed by atoms with Gasteiger partial charge in [-0.1, -0.05) is 12.1 Å². The normalized spacial score (nSPS) is 25.1.